The number of rotatable bonds is 4. The summed E-state index contributed by atoms with van der Waals surface area (Å²) in [6.45, 7) is 2.28. The van der Waals surface area contributed by atoms with E-state index in [4.69, 9.17) is 0 Å². The molecule has 140 valence electrons. The van der Waals surface area contributed by atoms with Crippen LogP contribution in [0.3, 0.4) is 0 Å². The first-order valence-electron chi connectivity index (χ1n) is 9.27. The van der Waals surface area contributed by atoms with E-state index in [0.29, 0.717) is 37.6 Å². The van der Waals surface area contributed by atoms with Gasteiger partial charge in [0.2, 0.25) is 0 Å². The number of aromatic amines is 1. The Kier molecular flexibility index (Phi) is 4.54. The Labute approximate surface area is 152 Å². The average molecular weight is 358 g/mol. The molecule has 26 heavy (non-hydrogen) atoms. The van der Waals surface area contributed by atoms with Gasteiger partial charge in [0.25, 0.3) is 5.91 Å². The number of carbonyl (C=O) groups excluding carboxylic acids is 1. The third-order valence-corrected chi connectivity index (χ3v) is 5.24. The number of carbonyl (C=O) groups is 1. The van der Waals surface area contributed by atoms with Crippen LogP contribution < -0.4 is 0 Å². The van der Waals surface area contributed by atoms with Crippen LogP contribution in [-0.2, 0) is 25.9 Å². The third kappa shape index (κ3) is 3.14. The van der Waals surface area contributed by atoms with Crippen LogP contribution in [-0.4, -0.2) is 68.0 Å². The number of hydrogen-bond acceptors (Lipinski definition) is 5. The number of amides is 1. The van der Waals surface area contributed by atoms with Gasteiger partial charge in [0.15, 0.2) is 5.69 Å². The van der Waals surface area contributed by atoms with Crippen molar-refractivity contribution in [1.29, 1.82) is 0 Å². The molecule has 1 atom stereocenters. The van der Waals surface area contributed by atoms with Crippen molar-refractivity contribution in [3.8, 4) is 0 Å². The molecule has 0 fully saturated rings. The van der Waals surface area contributed by atoms with Gasteiger partial charge in [0.1, 0.15) is 6.10 Å². The molecule has 2 aliphatic rings. The van der Waals surface area contributed by atoms with Crippen molar-refractivity contribution in [2.75, 3.05) is 27.2 Å². The monoisotopic (exact) mass is 358 g/mol. The summed E-state index contributed by atoms with van der Waals surface area (Å²) in [6, 6.07) is 1.91. The van der Waals surface area contributed by atoms with Crippen LogP contribution >= 0.6 is 0 Å². The Morgan fingerprint density at radius 1 is 1.35 bits per heavy atom. The molecule has 0 radical (unpaired) electrons. The van der Waals surface area contributed by atoms with E-state index in [2.05, 4.69) is 15.3 Å². The summed E-state index contributed by atoms with van der Waals surface area (Å²) in [5, 5.41) is 22.2. The fraction of sp³-hybridized carbons (Fsp3) is 0.611. The molecule has 4 rings (SSSR count). The van der Waals surface area contributed by atoms with Crippen LogP contribution in [0, 0.1) is 0 Å². The maximum absolute atomic E-state index is 13.0. The Morgan fingerprint density at radius 3 is 2.96 bits per heavy atom. The van der Waals surface area contributed by atoms with E-state index in [-0.39, 0.29) is 5.91 Å². The molecule has 2 aromatic heterocycles. The topological polar surface area (TPSA) is 90.3 Å². The highest BCUT2D eigenvalue weighted by molar-refractivity contribution is 5.94. The predicted octanol–water partition coefficient (Wildman–Crippen LogP) is 0.736. The summed E-state index contributed by atoms with van der Waals surface area (Å²) in [5.41, 5.74) is 4.43. The molecule has 2 N–H and O–H groups in total. The van der Waals surface area contributed by atoms with Crippen molar-refractivity contribution >= 4 is 5.91 Å². The van der Waals surface area contributed by atoms with Crippen molar-refractivity contribution in [2.24, 2.45) is 0 Å². The summed E-state index contributed by atoms with van der Waals surface area (Å²) >= 11 is 0. The molecule has 0 spiro atoms. The second-order valence-electron chi connectivity index (χ2n) is 7.52. The molecule has 2 aromatic rings. The van der Waals surface area contributed by atoms with Gasteiger partial charge in [-0.15, -0.1) is 0 Å². The van der Waals surface area contributed by atoms with Crippen molar-refractivity contribution in [3.05, 3.63) is 34.4 Å². The van der Waals surface area contributed by atoms with Gasteiger partial charge in [0, 0.05) is 24.3 Å². The minimum absolute atomic E-state index is 0.00719. The van der Waals surface area contributed by atoms with E-state index in [1.165, 1.54) is 0 Å². The van der Waals surface area contributed by atoms with E-state index in [0.717, 1.165) is 42.6 Å². The number of H-pyrrole nitrogens is 1. The minimum atomic E-state index is -0.620. The zero-order chi connectivity index (χ0) is 18.3. The van der Waals surface area contributed by atoms with Crippen LogP contribution in [0.4, 0.5) is 0 Å². The fourth-order valence-electron chi connectivity index (χ4n) is 3.87. The van der Waals surface area contributed by atoms with Gasteiger partial charge in [-0.3, -0.25) is 14.6 Å². The van der Waals surface area contributed by atoms with Crippen molar-refractivity contribution in [2.45, 2.75) is 44.9 Å². The van der Waals surface area contributed by atoms with Crippen LogP contribution in [0.25, 0.3) is 0 Å². The van der Waals surface area contributed by atoms with E-state index >= 15 is 0 Å². The Hall–Kier alpha value is -2.19. The van der Waals surface area contributed by atoms with Crippen molar-refractivity contribution < 1.29 is 9.90 Å². The molecule has 0 bridgehead atoms. The van der Waals surface area contributed by atoms with Gasteiger partial charge in [-0.2, -0.15) is 10.2 Å². The SMILES string of the molecule is CN(C)C[C@@H](O)c1cc2n(n1)CCN(C(=O)c1n[nH]c3c1CCCC3)C2. The molecule has 8 nitrogen and oxygen atoms in total. The number of aliphatic hydroxyl groups excluding tert-OH is 1. The number of nitrogens with zero attached hydrogens (tertiary/aromatic N) is 5. The van der Waals surface area contributed by atoms with Crippen molar-refractivity contribution in [1.82, 2.24) is 29.8 Å². The van der Waals surface area contributed by atoms with Crippen molar-refractivity contribution in [3.63, 3.8) is 0 Å². The number of aryl methyl sites for hydroxylation is 1. The van der Waals surface area contributed by atoms with Gasteiger partial charge >= 0.3 is 0 Å². The highest BCUT2D eigenvalue weighted by Crippen LogP contribution is 2.25. The third-order valence-electron chi connectivity index (χ3n) is 5.24. The van der Waals surface area contributed by atoms with E-state index < -0.39 is 6.10 Å². The summed E-state index contributed by atoms with van der Waals surface area (Å²) < 4.78 is 1.90. The van der Waals surface area contributed by atoms with Crippen LogP contribution in [0.15, 0.2) is 6.07 Å². The largest absolute Gasteiger partial charge is 0.385 e. The smallest absolute Gasteiger partial charge is 0.275 e. The zero-order valence-electron chi connectivity index (χ0n) is 15.4. The van der Waals surface area contributed by atoms with Gasteiger partial charge in [-0.1, -0.05) is 0 Å². The molecule has 1 aliphatic carbocycles. The fourth-order valence-corrected chi connectivity index (χ4v) is 3.87. The van der Waals surface area contributed by atoms with E-state index in [1.807, 2.05) is 34.6 Å². The number of nitrogens with one attached hydrogen (secondary N) is 1. The number of aromatic nitrogens is 4. The maximum Gasteiger partial charge on any atom is 0.275 e. The van der Waals surface area contributed by atoms with Gasteiger partial charge < -0.3 is 14.9 Å². The molecule has 8 heteroatoms. The molecule has 0 saturated carbocycles. The lowest BCUT2D eigenvalue weighted by atomic mass is 9.95. The minimum Gasteiger partial charge on any atom is -0.385 e. The van der Waals surface area contributed by atoms with Crippen LogP contribution in [0.2, 0.25) is 0 Å². The normalized spacial score (nSPS) is 17.9. The second-order valence-corrected chi connectivity index (χ2v) is 7.52. The molecular formula is C18H26N6O2. The number of fused-ring (bicyclic) bond motifs is 2. The van der Waals surface area contributed by atoms with E-state index in [1.54, 1.807) is 0 Å². The maximum atomic E-state index is 13.0. The predicted molar refractivity (Wildman–Crippen MR) is 95.7 cm³/mol. The first kappa shape index (κ1) is 17.2. The zero-order valence-corrected chi connectivity index (χ0v) is 15.4. The standard InChI is InChI=1S/C18H26N6O2/c1-22(2)11-16(25)15-9-12-10-23(7-8-24(12)21-15)18(26)17-13-5-3-4-6-14(13)19-20-17/h9,16,25H,3-8,10-11H2,1-2H3,(H,19,20)/t16-/m1/s1. The molecule has 1 amide bonds. The lowest BCUT2D eigenvalue weighted by molar-refractivity contribution is 0.0698. The highest BCUT2D eigenvalue weighted by Gasteiger charge is 2.29. The number of likely N-dealkylation sites (N-methyl/N-ethyl adjacent to an activating group) is 1. The Morgan fingerprint density at radius 2 is 2.15 bits per heavy atom. The first-order valence-corrected chi connectivity index (χ1v) is 9.27. The Balaban J connectivity index is 1.50. The lowest BCUT2D eigenvalue weighted by Crippen LogP contribution is -2.39. The van der Waals surface area contributed by atoms with Crippen LogP contribution in [0.1, 0.15) is 52.1 Å². The van der Waals surface area contributed by atoms with Crippen LogP contribution in [0.5, 0.6) is 0 Å². The van der Waals surface area contributed by atoms with Gasteiger partial charge in [-0.25, -0.2) is 0 Å². The molecule has 3 heterocycles. The summed E-state index contributed by atoms with van der Waals surface area (Å²) in [6.07, 6.45) is 3.57. The molecule has 0 saturated heterocycles. The average Bonchev–Trinajstić information content (AvgIpc) is 3.24. The highest BCUT2D eigenvalue weighted by atomic mass is 16.3. The van der Waals surface area contributed by atoms with Gasteiger partial charge in [-0.05, 0) is 45.8 Å². The van der Waals surface area contributed by atoms with E-state index in [9.17, 15) is 9.90 Å². The number of aliphatic hydroxyl groups is 1. The lowest BCUT2D eigenvalue weighted by Gasteiger charge is -2.27. The quantitative estimate of drug-likeness (QED) is 0.841. The van der Waals surface area contributed by atoms with Gasteiger partial charge in [0.05, 0.1) is 24.5 Å². The molecule has 1 aliphatic heterocycles. The molecule has 0 unspecified atom stereocenters. The Bertz CT molecular complexity index is 809. The first-order chi connectivity index (χ1) is 12.5. The summed E-state index contributed by atoms with van der Waals surface area (Å²) in [4.78, 5) is 16.8. The number of hydrogen-bond donors (Lipinski definition) is 2. The summed E-state index contributed by atoms with van der Waals surface area (Å²) in [5.74, 6) is -0.00719. The molecule has 0 aromatic carbocycles. The second kappa shape index (κ2) is 6.85. The summed E-state index contributed by atoms with van der Waals surface area (Å²) in [7, 11) is 3.84. The molecular weight excluding hydrogens is 332 g/mol.